The number of rotatable bonds is 9. The molecule has 2 aromatic carbocycles. The number of amides is 3. The molecule has 1 saturated heterocycles. The fourth-order valence-corrected chi connectivity index (χ4v) is 5.67. The van der Waals surface area contributed by atoms with Gasteiger partial charge in [0.15, 0.2) is 5.43 Å². The Morgan fingerprint density at radius 1 is 1.09 bits per heavy atom. The number of likely N-dealkylation sites (tertiary alicyclic amines) is 1. The minimum absolute atomic E-state index is 0.125. The summed E-state index contributed by atoms with van der Waals surface area (Å²) < 4.78 is 11.4. The molecular weight excluding hydrogens is 602 g/mol. The van der Waals surface area contributed by atoms with Gasteiger partial charge in [0.2, 0.25) is 17.7 Å². The summed E-state index contributed by atoms with van der Waals surface area (Å²) in [4.78, 5) is 63.1. The summed E-state index contributed by atoms with van der Waals surface area (Å²) in [5, 5.41) is 13.1. The standard InChI is InChI=1S/C34H41N7O6/c1-18-13-26(42)21-11-10-20(14-27(21)47-18)38-30-22-15-24(28(46-7)16-23(22)36-17-37-30)39-32(44)25-9-8-12-41(25)33(45)29(34(3,4)5)40-31(43)19(2)35-6/h10-11,13-17,19,25,29,35H,8-9,12H2,1-7H3,(H,39,44)(H,40,43)(H,36,37,38)/t19-,25-,29+/m0/s1. The van der Waals surface area contributed by atoms with E-state index < -0.39 is 23.5 Å². The second kappa shape index (κ2) is 13.4. The van der Waals surface area contributed by atoms with Crippen molar-refractivity contribution in [2.45, 2.75) is 65.6 Å². The van der Waals surface area contributed by atoms with Gasteiger partial charge in [0.25, 0.3) is 0 Å². The second-order valence-electron chi connectivity index (χ2n) is 12.8. The molecule has 2 aromatic heterocycles. The monoisotopic (exact) mass is 643 g/mol. The van der Waals surface area contributed by atoms with E-state index in [0.29, 0.717) is 70.0 Å². The lowest BCUT2D eigenvalue weighted by molar-refractivity contribution is -0.143. The van der Waals surface area contributed by atoms with Gasteiger partial charge in [-0.15, -0.1) is 0 Å². The van der Waals surface area contributed by atoms with Gasteiger partial charge >= 0.3 is 0 Å². The molecule has 5 rings (SSSR count). The summed E-state index contributed by atoms with van der Waals surface area (Å²) >= 11 is 0. The second-order valence-corrected chi connectivity index (χ2v) is 12.8. The third kappa shape index (κ3) is 7.04. The van der Waals surface area contributed by atoms with Gasteiger partial charge in [-0.1, -0.05) is 20.8 Å². The summed E-state index contributed by atoms with van der Waals surface area (Å²) in [6.45, 7) is 9.48. The number of benzene rings is 2. The SMILES string of the molecule is CN[C@@H](C)C(=O)N[C@H](C(=O)N1CCC[C@H]1C(=O)Nc1cc2c(Nc3ccc4c(=O)cc(C)oc4c3)ncnc2cc1OC)C(C)(C)C. The first-order valence-electron chi connectivity index (χ1n) is 15.5. The van der Waals surface area contributed by atoms with Gasteiger partial charge in [-0.05, 0) is 57.4 Å². The number of hydrogen-bond acceptors (Lipinski definition) is 10. The van der Waals surface area contributed by atoms with Crippen LogP contribution in [0.25, 0.3) is 21.9 Å². The van der Waals surface area contributed by atoms with Crippen LogP contribution in [0.1, 0.15) is 46.3 Å². The van der Waals surface area contributed by atoms with Crippen LogP contribution in [0.5, 0.6) is 5.75 Å². The lowest BCUT2D eigenvalue weighted by Crippen LogP contribution is -2.59. The van der Waals surface area contributed by atoms with Gasteiger partial charge < -0.3 is 35.3 Å². The first-order valence-corrected chi connectivity index (χ1v) is 15.5. The van der Waals surface area contributed by atoms with Crippen LogP contribution in [-0.2, 0) is 14.4 Å². The number of fused-ring (bicyclic) bond motifs is 2. The molecule has 3 heterocycles. The van der Waals surface area contributed by atoms with Crippen molar-refractivity contribution in [1.29, 1.82) is 0 Å². The Hall–Kier alpha value is -5.04. The van der Waals surface area contributed by atoms with Crippen molar-refractivity contribution in [2.24, 2.45) is 5.41 Å². The van der Waals surface area contributed by atoms with Crippen LogP contribution in [0.2, 0.25) is 0 Å². The van der Waals surface area contributed by atoms with Crippen LogP contribution in [0.4, 0.5) is 17.2 Å². The predicted molar refractivity (Wildman–Crippen MR) is 180 cm³/mol. The van der Waals surface area contributed by atoms with E-state index in [2.05, 4.69) is 31.2 Å². The number of likely N-dealkylation sites (N-methyl/N-ethyl adjacent to an activating group) is 1. The molecule has 4 aromatic rings. The van der Waals surface area contributed by atoms with Gasteiger partial charge in [0.1, 0.15) is 41.3 Å². The number of methoxy groups -OCH3 is 1. The zero-order valence-corrected chi connectivity index (χ0v) is 27.7. The lowest BCUT2D eigenvalue weighted by Gasteiger charge is -2.36. The topological polar surface area (TPSA) is 168 Å². The first kappa shape index (κ1) is 33.3. The van der Waals surface area contributed by atoms with E-state index in [4.69, 9.17) is 9.15 Å². The maximum absolute atomic E-state index is 13.9. The van der Waals surface area contributed by atoms with Crippen molar-refractivity contribution in [2.75, 3.05) is 31.3 Å². The molecule has 47 heavy (non-hydrogen) atoms. The van der Waals surface area contributed by atoms with Crippen LogP contribution in [-0.4, -0.2) is 71.4 Å². The molecule has 3 amide bonds. The smallest absolute Gasteiger partial charge is 0.247 e. The number of anilines is 3. The van der Waals surface area contributed by atoms with Crippen molar-refractivity contribution >= 4 is 56.8 Å². The Bertz CT molecular complexity index is 1900. The Balaban J connectivity index is 1.42. The van der Waals surface area contributed by atoms with E-state index in [1.165, 1.54) is 19.5 Å². The highest BCUT2D eigenvalue weighted by molar-refractivity contribution is 6.03. The molecule has 1 fully saturated rings. The Kier molecular flexibility index (Phi) is 9.48. The number of ether oxygens (including phenoxy) is 1. The van der Waals surface area contributed by atoms with Crippen LogP contribution in [0.15, 0.2) is 51.9 Å². The number of nitrogens with one attached hydrogen (secondary N) is 4. The van der Waals surface area contributed by atoms with Gasteiger partial charge in [-0.3, -0.25) is 19.2 Å². The van der Waals surface area contributed by atoms with E-state index in [9.17, 15) is 19.2 Å². The van der Waals surface area contributed by atoms with Gasteiger partial charge in [-0.25, -0.2) is 9.97 Å². The fraction of sp³-hybridized carbons (Fsp3) is 0.412. The maximum Gasteiger partial charge on any atom is 0.247 e. The zero-order chi connectivity index (χ0) is 34.0. The first-order chi connectivity index (χ1) is 22.3. The zero-order valence-electron chi connectivity index (χ0n) is 27.7. The molecule has 1 aliphatic heterocycles. The summed E-state index contributed by atoms with van der Waals surface area (Å²) in [5.74, 6) is 0.372. The molecule has 3 atom stereocenters. The number of hydrogen-bond donors (Lipinski definition) is 4. The Morgan fingerprint density at radius 2 is 1.85 bits per heavy atom. The molecule has 0 unspecified atom stereocenters. The van der Waals surface area contributed by atoms with Crippen molar-refractivity contribution in [3.8, 4) is 5.75 Å². The number of carbonyl (C=O) groups is 3. The van der Waals surface area contributed by atoms with Crippen molar-refractivity contribution < 1.29 is 23.5 Å². The summed E-state index contributed by atoms with van der Waals surface area (Å²) in [5.41, 5.74) is 1.30. The number of aryl methyl sites for hydroxylation is 1. The average molecular weight is 644 g/mol. The third-order valence-corrected chi connectivity index (χ3v) is 8.39. The molecule has 1 aliphatic rings. The molecular formula is C34H41N7O6. The Labute approximate surface area is 272 Å². The Morgan fingerprint density at radius 3 is 2.55 bits per heavy atom. The molecule has 0 bridgehead atoms. The number of carbonyl (C=O) groups excluding carboxylic acids is 3. The number of nitrogens with zero attached hydrogens (tertiary/aromatic N) is 3. The molecule has 0 aliphatic carbocycles. The van der Waals surface area contributed by atoms with Crippen LogP contribution < -0.4 is 31.4 Å². The maximum atomic E-state index is 13.9. The van der Waals surface area contributed by atoms with Crippen molar-refractivity contribution in [3.63, 3.8) is 0 Å². The highest BCUT2D eigenvalue weighted by Crippen LogP contribution is 2.34. The minimum Gasteiger partial charge on any atom is -0.494 e. The molecule has 4 N–H and O–H groups in total. The van der Waals surface area contributed by atoms with E-state index in [0.717, 1.165) is 0 Å². The van der Waals surface area contributed by atoms with Crippen molar-refractivity contribution in [1.82, 2.24) is 25.5 Å². The summed E-state index contributed by atoms with van der Waals surface area (Å²) in [7, 11) is 3.17. The molecule has 13 heteroatoms. The summed E-state index contributed by atoms with van der Waals surface area (Å²) in [6.07, 6.45) is 2.53. The molecule has 0 saturated carbocycles. The van der Waals surface area contributed by atoms with Crippen LogP contribution in [0, 0.1) is 12.3 Å². The average Bonchev–Trinajstić information content (AvgIpc) is 3.52. The fourth-order valence-electron chi connectivity index (χ4n) is 5.67. The third-order valence-electron chi connectivity index (χ3n) is 8.39. The largest absolute Gasteiger partial charge is 0.494 e. The quantitative estimate of drug-likeness (QED) is 0.210. The highest BCUT2D eigenvalue weighted by atomic mass is 16.5. The summed E-state index contributed by atoms with van der Waals surface area (Å²) in [6, 6.07) is 7.98. The van der Waals surface area contributed by atoms with E-state index >= 15 is 0 Å². The van der Waals surface area contributed by atoms with Gasteiger partial charge in [0, 0.05) is 35.8 Å². The van der Waals surface area contributed by atoms with E-state index in [1.807, 2.05) is 20.8 Å². The highest BCUT2D eigenvalue weighted by Gasteiger charge is 2.42. The van der Waals surface area contributed by atoms with Gasteiger partial charge in [-0.2, -0.15) is 0 Å². The van der Waals surface area contributed by atoms with Crippen LogP contribution >= 0.6 is 0 Å². The molecule has 13 nitrogen and oxygen atoms in total. The molecule has 0 spiro atoms. The lowest BCUT2D eigenvalue weighted by atomic mass is 9.85. The normalized spacial score (nSPS) is 16.1. The predicted octanol–water partition coefficient (Wildman–Crippen LogP) is 3.87. The van der Waals surface area contributed by atoms with E-state index in [-0.39, 0.29) is 23.2 Å². The molecule has 0 radical (unpaired) electrons. The van der Waals surface area contributed by atoms with Gasteiger partial charge in [0.05, 0.1) is 29.7 Å². The number of aromatic nitrogens is 2. The van der Waals surface area contributed by atoms with Crippen LogP contribution in [0.3, 0.4) is 0 Å². The van der Waals surface area contributed by atoms with Crippen molar-refractivity contribution in [3.05, 3.63) is 58.7 Å². The minimum atomic E-state index is -0.827. The van der Waals surface area contributed by atoms with E-state index in [1.54, 1.807) is 56.1 Å². The molecule has 248 valence electrons.